The van der Waals surface area contributed by atoms with Gasteiger partial charge in [-0.3, -0.25) is 4.79 Å². The van der Waals surface area contributed by atoms with Gasteiger partial charge >= 0.3 is 5.97 Å². The fraction of sp³-hybridized carbons (Fsp3) is 0.125. The van der Waals surface area contributed by atoms with Gasteiger partial charge in [0, 0.05) is 15.6 Å². The SMILES string of the molecule is COc1cc(C(=O)N/N=C/c2cc(Br)ccc2OCC(=O)O)ccc1OCc1ccccc1. The van der Waals surface area contributed by atoms with Gasteiger partial charge in [-0.05, 0) is 42.0 Å². The van der Waals surface area contributed by atoms with Crippen molar-refractivity contribution in [2.45, 2.75) is 6.61 Å². The highest BCUT2D eigenvalue weighted by Crippen LogP contribution is 2.29. The summed E-state index contributed by atoms with van der Waals surface area (Å²) in [6.07, 6.45) is 1.37. The number of carbonyl (C=O) groups excluding carboxylic acids is 1. The second-order valence-corrected chi connectivity index (χ2v) is 7.62. The van der Waals surface area contributed by atoms with E-state index >= 15 is 0 Å². The summed E-state index contributed by atoms with van der Waals surface area (Å²) in [6.45, 7) is -0.126. The van der Waals surface area contributed by atoms with E-state index in [0.717, 1.165) is 10.0 Å². The number of hydrazone groups is 1. The first-order chi connectivity index (χ1) is 16.0. The molecule has 3 rings (SSSR count). The summed E-state index contributed by atoms with van der Waals surface area (Å²) in [6, 6.07) is 19.5. The van der Waals surface area contributed by atoms with E-state index in [4.69, 9.17) is 19.3 Å². The topological polar surface area (TPSA) is 106 Å². The van der Waals surface area contributed by atoms with Crippen molar-refractivity contribution in [1.82, 2.24) is 5.43 Å². The average molecular weight is 513 g/mol. The summed E-state index contributed by atoms with van der Waals surface area (Å²) in [5.74, 6) is -0.309. The normalized spacial score (nSPS) is 10.6. The number of nitrogens with zero attached hydrogens (tertiary/aromatic N) is 1. The Hall–Kier alpha value is -3.85. The predicted molar refractivity (Wildman–Crippen MR) is 126 cm³/mol. The standard InChI is InChI=1S/C24H21BrN2O6/c1-31-22-12-17(7-9-21(22)32-14-16-5-3-2-4-6-16)24(30)27-26-13-18-11-19(25)8-10-20(18)33-15-23(28)29/h2-13H,14-15H2,1H3,(H,27,30)(H,28,29)/b26-13+. The summed E-state index contributed by atoms with van der Waals surface area (Å²) in [7, 11) is 1.50. The molecule has 3 aromatic carbocycles. The molecular formula is C24H21BrN2O6. The lowest BCUT2D eigenvalue weighted by Gasteiger charge is -2.12. The number of aliphatic carboxylic acids is 1. The first-order valence-electron chi connectivity index (χ1n) is 9.78. The third kappa shape index (κ3) is 7.08. The molecule has 0 bridgehead atoms. The zero-order valence-electron chi connectivity index (χ0n) is 17.7. The molecule has 0 aliphatic carbocycles. The van der Waals surface area contributed by atoms with E-state index < -0.39 is 18.5 Å². The van der Waals surface area contributed by atoms with Gasteiger partial charge < -0.3 is 19.3 Å². The van der Waals surface area contributed by atoms with Crippen LogP contribution in [0.15, 0.2) is 76.3 Å². The molecule has 0 aliphatic rings. The fourth-order valence-electron chi connectivity index (χ4n) is 2.78. The Morgan fingerprint density at radius 1 is 1.00 bits per heavy atom. The van der Waals surface area contributed by atoms with Gasteiger partial charge in [-0.2, -0.15) is 5.10 Å². The van der Waals surface area contributed by atoms with E-state index in [0.29, 0.717) is 35.0 Å². The van der Waals surface area contributed by atoms with Crippen LogP contribution in [0.4, 0.5) is 0 Å². The van der Waals surface area contributed by atoms with Crippen LogP contribution in [0, 0.1) is 0 Å². The Labute approximate surface area is 198 Å². The number of carboxylic acid groups (broad SMARTS) is 1. The van der Waals surface area contributed by atoms with Crippen molar-refractivity contribution in [3.63, 3.8) is 0 Å². The monoisotopic (exact) mass is 512 g/mol. The molecule has 0 saturated heterocycles. The number of carbonyl (C=O) groups is 2. The molecule has 0 atom stereocenters. The van der Waals surface area contributed by atoms with Gasteiger partial charge in [0.15, 0.2) is 18.1 Å². The zero-order valence-corrected chi connectivity index (χ0v) is 19.2. The van der Waals surface area contributed by atoms with E-state index in [1.807, 2.05) is 30.3 Å². The summed E-state index contributed by atoms with van der Waals surface area (Å²) in [4.78, 5) is 23.3. The number of rotatable bonds is 10. The van der Waals surface area contributed by atoms with E-state index in [2.05, 4.69) is 26.5 Å². The van der Waals surface area contributed by atoms with Crippen LogP contribution in [0.2, 0.25) is 0 Å². The third-order valence-electron chi connectivity index (χ3n) is 4.36. The number of hydrogen-bond donors (Lipinski definition) is 2. The van der Waals surface area contributed by atoms with E-state index in [1.54, 1.807) is 36.4 Å². The summed E-state index contributed by atoms with van der Waals surface area (Å²) in [5.41, 5.74) is 4.26. The van der Waals surface area contributed by atoms with Gasteiger partial charge in [0.05, 0.1) is 13.3 Å². The number of carboxylic acids is 1. The van der Waals surface area contributed by atoms with Gasteiger partial charge in [0.1, 0.15) is 12.4 Å². The van der Waals surface area contributed by atoms with Crippen molar-refractivity contribution in [2.24, 2.45) is 5.10 Å². The highest BCUT2D eigenvalue weighted by molar-refractivity contribution is 9.10. The number of ether oxygens (including phenoxy) is 3. The van der Waals surface area contributed by atoms with Crippen LogP contribution in [0.25, 0.3) is 0 Å². The maximum atomic E-state index is 12.5. The molecule has 0 heterocycles. The van der Waals surface area contributed by atoms with Crippen molar-refractivity contribution < 1.29 is 28.9 Å². The number of amides is 1. The first-order valence-corrected chi connectivity index (χ1v) is 10.6. The molecular weight excluding hydrogens is 492 g/mol. The molecule has 0 spiro atoms. The molecule has 9 heteroatoms. The lowest BCUT2D eigenvalue weighted by Crippen LogP contribution is -2.18. The zero-order chi connectivity index (χ0) is 23.6. The molecule has 0 aliphatic heterocycles. The van der Waals surface area contributed by atoms with E-state index in [-0.39, 0.29) is 0 Å². The Morgan fingerprint density at radius 3 is 2.48 bits per heavy atom. The second kappa shape index (κ2) is 11.7. The molecule has 0 unspecified atom stereocenters. The molecule has 0 fully saturated rings. The van der Waals surface area contributed by atoms with E-state index in [1.165, 1.54) is 13.3 Å². The van der Waals surface area contributed by atoms with Crippen LogP contribution >= 0.6 is 15.9 Å². The number of methoxy groups -OCH3 is 1. The number of halogens is 1. The minimum atomic E-state index is -1.10. The van der Waals surface area contributed by atoms with Crippen molar-refractivity contribution in [1.29, 1.82) is 0 Å². The Balaban J connectivity index is 1.66. The minimum Gasteiger partial charge on any atom is -0.493 e. The minimum absolute atomic E-state index is 0.320. The highest BCUT2D eigenvalue weighted by Gasteiger charge is 2.11. The van der Waals surface area contributed by atoms with Gasteiger partial charge in [-0.1, -0.05) is 46.3 Å². The average Bonchev–Trinajstić information content (AvgIpc) is 2.82. The smallest absolute Gasteiger partial charge is 0.341 e. The molecule has 170 valence electrons. The maximum Gasteiger partial charge on any atom is 0.341 e. The van der Waals surface area contributed by atoms with Crippen molar-refractivity contribution in [3.8, 4) is 17.2 Å². The van der Waals surface area contributed by atoms with Crippen molar-refractivity contribution in [3.05, 3.63) is 87.9 Å². The molecule has 2 N–H and O–H groups in total. The summed E-state index contributed by atoms with van der Waals surface area (Å²) < 4.78 is 17.1. The van der Waals surface area contributed by atoms with Gasteiger partial charge in [-0.25, -0.2) is 10.2 Å². The van der Waals surface area contributed by atoms with Crippen LogP contribution in [0.5, 0.6) is 17.2 Å². The second-order valence-electron chi connectivity index (χ2n) is 6.70. The fourth-order valence-corrected chi connectivity index (χ4v) is 3.16. The Kier molecular flexibility index (Phi) is 8.43. The molecule has 8 nitrogen and oxygen atoms in total. The molecule has 1 amide bonds. The van der Waals surface area contributed by atoms with Crippen LogP contribution in [0.3, 0.4) is 0 Å². The van der Waals surface area contributed by atoms with Crippen LogP contribution in [-0.2, 0) is 11.4 Å². The number of benzene rings is 3. The summed E-state index contributed by atoms with van der Waals surface area (Å²) >= 11 is 3.34. The Bertz CT molecular complexity index is 1150. The van der Waals surface area contributed by atoms with Crippen molar-refractivity contribution in [2.75, 3.05) is 13.7 Å². The maximum absolute atomic E-state index is 12.5. The van der Waals surface area contributed by atoms with Crippen LogP contribution < -0.4 is 19.6 Å². The highest BCUT2D eigenvalue weighted by atomic mass is 79.9. The molecule has 3 aromatic rings. The van der Waals surface area contributed by atoms with Crippen molar-refractivity contribution >= 4 is 34.0 Å². The largest absolute Gasteiger partial charge is 0.493 e. The van der Waals surface area contributed by atoms with Crippen LogP contribution in [-0.4, -0.2) is 36.9 Å². The first kappa shape index (κ1) is 23.8. The summed E-state index contributed by atoms with van der Waals surface area (Å²) in [5, 5.41) is 12.8. The van der Waals surface area contributed by atoms with Gasteiger partial charge in [-0.15, -0.1) is 0 Å². The lowest BCUT2D eigenvalue weighted by molar-refractivity contribution is -0.139. The van der Waals surface area contributed by atoms with E-state index in [9.17, 15) is 9.59 Å². The van der Waals surface area contributed by atoms with Gasteiger partial charge in [0.2, 0.25) is 0 Å². The predicted octanol–water partition coefficient (Wildman–Crippen LogP) is 4.26. The van der Waals surface area contributed by atoms with Gasteiger partial charge in [0.25, 0.3) is 5.91 Å². The molecule has 0 aromatic heterocycles. The number of hydrogen-bond acceptors (Lipinski definition) is 6. The molecule has 0 radical (unpaired) electrons. The van der Waals surface area contributed by atoms with Crippen LogP contribution in [0.1, 0.15) is 21.5 Å². The quantitative estimate of drug-likeness (QED) is 0.310. The lowest BCUT2D eigenvalue weighted by atomic mass is 10.2. The number of nitrogens with one attached hydrogen (secondary N) is 1. The molecule has 0 saturated carbocycles. The Morgan fingerprint density at radius 2 is 1.76 bits per heavy atom. The third-order valence-corrected chi connectivity index (χ3v) is 4.85. The molecule has 33 heavy (non-hydrogen) atoms.